The van der Waals surface area contributed by atoms with E-state index in [2.05, 4.69) is 4.90 Å². The molecule has 2 nitrogen and oxygen atoms in total. The Morgan fingerprint density at radius 1 is 1.33 bits per heavy atom. The van der Waals surface area contributed by atoms with E-state index in [0.29, 0.717) is 0 Å². The Balaban J connectivity index is 2.00. The molecule has 1 aliphatic rings. The van der Waals surface area contributed by atoms with Crippen molar-refractivity contribution in [1.82, 2.24) is 4.90 Å². The maximum absolute atomic E-state index is 13.2. The third kappa shape index (κ3) is 2.86. The average Bonchev–Trinajstić information content (AvgIpc) is 2.25. The molecule has 1 aliphatic heterocycles. The van der Waals surface area contributed by atoms with E-state index in [9.17, 15) is 4.39 Å². The van der Waals surface area contributed by atoms with Gasteiger partial charge in [0.1, 0.15) is 5.82 Å². The van der Waals surface area contributed by atoms with E-state index in [1.807, 2.05) is 17.8 Å². The molecule has 0 atom stereocenters. The van der Waals surface area contributed by atoms with E-state index in [1.165, 1.54) is 17.6 Å². The zero-order valence-corrected chi connectivity index (χ0v) is 9.39. The van der Waals surface area contributed by atoms with E-state index < -0.39 is 0 Å². The highest BCUT2D eigenvalue weighted by atomic mass is 32.2. The Bertz CT molecular complexity index is 337. The molecule has 2 rings (SSSR count). The Morgan fingerprint density at radius 2 is 2.07 bits per heavy atom. The molecule has 0 spiro atoms. The van der Waals surface area contributed by atoms with Crippen molar-refractivity contribution in [3.8, 4) is 0 Å². The molecule has 0 aromatic heterocycles. The molecule has 1 aromatic rings. The lowest BCUT2D eigenvalue weighted by molar-refractivity contribution is 0.294. The molecule has 2 N–H and O–H groups in total. The van der Waals surface area contributed by atoms with Gasteiger partial charge in [0, 0.05) is 31.1 Å². The second kappa shape index (κ2) is 4.86. The van der Waals surface area contributed by atoms with Crippen LogP contribution in [0.1, 0.15) is 5.56 Å². The van der Waals surface area contributed by atoms with Gasteiger partial charge in [0.2, 0.25) is 0 Å². The van der Waals surface area contributed by atoms with Crippen molar-refractivity contribution in [1.29, 1.82) is 0 Å². The van der Waals surface area contributed by atoms with Crippen molar-refractivity contribution < 1.29 is 4.39 Å². The summed E-state index contributed by atoms with van der Waals surface area (Å²) in [5, 5.41) is 0. The molecule has 1 aromatic carbocycles. The van der Waals surface area contributed by atoms with Gasteiger partial charge in [-0.1, -0.05) is 6.07 Å². The van der Waals surface area contributed by atoms with Crippen LogP contribution >= 0.6 is 11.8 Å². The number of hydrogen-bond acceptors (Lipinski definition) is 3. The van der Waals surface area contributed by atoms with Gasteiger partial charge >= 0.3 is 0 Å². The SMILES string of the molecule is Nc1ccc(CN2CCSCC2)cc1F. The summed E-state index contributed by atoms with van der Waals surface area (Å²) in [4.78, 5) is 2.35. The van der Waals surface area contributed by atoms with Gasteiger partial charge < -0.3 is 5.73 Å². The summed E-state index contributed by atoms with van der Waals surface area (Å²) in [6, 6.07) is 5.08. The van der Waals surface area contributed by atoms with E-state index in [1.54, 1.807) is 6.07 Å². The van der Waals surface area contributed by atoms with Crippen molar-refractivity contribution in [2.45, 2.75) is 6.54 Å². The first-order valence-electron chi connectivity index (χ1n) is 5.10. The summed E-state index contributed by atoms with van der Waals surface area (Å²) in [6.07, 6.45) is 0. The summed E-state index contributed by atoms with van der Waals surface area (Å²) in [5.41, 5.74) is 6.67. The lowest BCUT2D eigenvalue weighted by Gasteiger charge is -2.26. The number of rotatable bonds is 2. The fourth-order valence-electron chi connectivity index (χ4n) is 1.69. The van der Waals surface area contributed by atoms with Crippen LogP contribution in [-0.4, -0.2) is 29.5 Å². The van der Waals surface area contributed by atoms with Gasteiger partial charge in [0.15, 0.2) is 0 Å². The van der Waals surface area contributed by atoms with Crippen LogP contribution in [-0.2, 0) is 6.54 Å². The Morgan fingerprint density at radius 3 is 2.73 bits per heavy atom. The molecule has 0 amide bonds. The van der Waals surface area contributed by atoms with Crippen molar-refractivity contribution in [2.24, 2.45) is 0 Å². The molecule has 1 fully saturated rings. The first kappa shape index (κ1) is 10.8. The van der Waals surface area contributed by atoms with Gasteiger partial charge in [-0.25, -0.2) is 4.39 Å². The summed E-state index contributed by atoms with van der Waals surface area (Å²) in [5.74, 6) is 2.05. The van der Waals surface area contributed by atoms with Crippen LogP contribution in [0.5, 0.6) is 0 Å². The monoisotopic (exact) mass is 226 g/mol. The van der Waals surface area contributed by atoms with E-state index in [4.69, 9.17) is 5.73 Å². The fourth-order valence-corrected chi connectivity index (χ4v) is 2.67. The topological polar surface area (TPSA) is 29.3 Å². The van der Waals surface area contributed by atoms with Crippen molar-refractivity contribution in [3.63, 3.8) is 0 Å². The third-order valence-electron chi connectivity index (χ3n) is 2.57. The van der Waals surface area contributed by atoms with Gasteiger partial charge in [-0.3, -0.25) is 4.90 Å². The summed E-state index contributed by atoms with van der Waals surface area (Å²) < 4.78 is 13.2. The van der Waals surface area contributed by atoms with Gasteiger partial charge in [-0.05, 0) is 17.7 Å². The van der Waals surface area contributed by atoms with Crippen LogP contribution in [0.25, 0.3) is 0 Å². The molecule has 0 radical (unpaired) electrons. The maximum Gasteiger partial charge on any atom is 0.146 e. The predicted molar refractivity (Wildman–Crippen MR) is 63.4 cm³/mol. The standard InChI is InChI=1S/C11H15FN2S/c12-10-7-9(1-2-11(10)13)8-14-3-5-15-6-4-14/h1-2,7H,3-6,8,13H2. The molecule has 1 saturated heterocycles. The summed E-state index contributed by atoms with van der Waals surface area (Å²) in [7, 11) is 0. The van der Waals surface area contributed by atoms with Crippen LogP contribution in [0, 0.1) is 5.82 Å². The van der Waals surface area contributed by atoms with Gasteiger partial charge in [0.05, 0.1) is 5.69 Å². The molecule has 0 saturated carbocycles. The lowest BCUT2D eigenvalue weighted by atomic mass is 10.2. The molecule has 1 heterocycles. The number of halogens is 1. The zero-order chi connectivity index (χ0) is 10.7. The number of anilines is 1. The number of nitrogens with two attached hydrogens (primary N) is 1. The molecule has 4 heteroatoms. The van der Waals surface area contributed by atoms with Gasteiger partial charge in [0.25, 0.3) is 0 Å². The summed E-state index contributed by atoms with van der Waals surface area (Å²) >= 11 is 1.98. The highest BCUT2D eigenvalue weighted by molar-refractivity contribution is 7.99. The highest BCUT2D eigenvalue weighted by Crippen LogP contribution is 2.16. The molecule has 15 heavy (non-hydrogen) atoms. The Kier molecular flexibility index (Phi) is 3.49. The second-order valence-electron chi connectivity index (χ2n) is 3.74. The molecule has 0 unspecified atom stereocenters. The largest absolute Gasteiger partial charge is 0.396 e. The normalized spacial score (nSPS) is 17.9. The minimum Gasteiger partial charge on any atom is -0.396 e. The minimum absolute atomic E-state index is 0.230. The maximum atomic E-state index is 13.2. The minimum atomic E-state index is -0.307. The molecule has 82 valence electrons. The van der Waals surface area contributed by atoms with E-state index >= 15 is 0 Å². The first-order chi connectivity index (χ1) is 7.25. The smallest absolute Gasteiger partial charge is 0.146 e. The molecular formula is C11H15FN2S. The fraction of sp³-hybridized carbons (Fsp3) is 0.455. The van der Waals surface area contributed by atoms with E-state index in [-0.39, 0.29) is 11.5 Å². The third-order valence-corrected chi connectivity index (χ3v) is 3.52. The average molecular weight is 226 g/mol. The number of hydrogen-bond donors (Lipinski definition) is 1. The number of nitrogen functional groups attached to an aromatic ring is 1. The highest BCUT2D eigenvalue weighted by Gasteiger charge is 2.11. The quantitative estimate of drug-likeness (QED) is 0.782. The van der Waals surface area contributed by atoms with Crippen LogP contribution in [0.2, 0.25) is 0 Å². The van der Waals surface area contributed by atoms with Gasteiger partial charge in [-0.15, -0.1) is 0 Å². The van der Waals surface area contributed by atoms with Crippen molar-refractivity contribution in [3.05, 3.63) is 29.6 Å². The molecule has 0 bridgehead atoms. The Labute approximate surface area is 93.6 Å². The second-order valence-corrected chi connectivity index (χ2v) is 4.97. The predicted octanol–water partition coefficient (Wildman–Crippen LogP) is 1.96. The molecular weight excluding hydrogens is 211 g/mol. The first-order valence-corrected chi connectivity index (χ1v) is 6.25. The van der Waals surface area contributed by atoms with Crippen LogP contribution < -0.4 is 5.73 Å². The van der Waals surface area contributed by atoms with Crippen LogP contribution in [0.4, 0.5) is 10.1 Å². The number of nitrogens with zero attached hydrogens (tertiary/aromatic N) is 1. The van der Waals surface area contributed by atoms with Crippen molar-refractivity contribution >= 4 is 17.4 Å². The summed E-state index contributed by atoms with van der Waals surface area (Å²) in [6.45, 7) is 3.02. The van der Waals surface area contributed by atoms with Crippen LogP contribution in [0.3, 0.4) is 0 Å². The van der Waals surface area contributed by atoms with Gasteiger partial charge in [-0.2, -0.15) is 11.8 Å². The van der Waals surface area contributed by atoms with E-state index in [0.717, 1.165) is 25.2 Å². The van der Waals surface area contributed by atoms with Crippen LogP contribution in [0.15, 0.2) is 18.2 Å². The van der Waals surface area contributed by atoms with Crippen molar-refractivity contribution in [2.75, 3.05) is 30.3 Å². The molecule has 0 aliphatic carbocycles. The Hall–Kier alpha value is -0.740. The number of benzene rings is 1. The number of thioether (sulfide) groups is 1. The lowest BCUT2D eigenvalue weighted by Crippen LogP contribution is -2.31. The zero-order valence-electron chi connectivity index (χ0n) is 8.58.